The van der Waals surface area contributed by atoms with Crippen LogP contribution in [0.15, 0.2) is 47.4 Å². The number of rotatable bonds is 5. The molecule has 0 bridgehead atoms. The van der Waals surface area contributed by atoms with Gasteiger partial charge in [0.15, 0.2) is 0 Å². The summed E-state index contributed by atoms with van der Waals surface area (Å²) in [4.78, 5) is 12.7. The van der Waals surface area contributed by atoms with Crippen molar-refractivity contribution in [2.24, 2.45) is 0 Å². The monoisotopic (exact) mass is 406 g/mol. The van der Waals surface area contributed by atoms with Crippen molar-refractivity contribution in [3.8, 4) is 0 Å². The molecule has 2 N–H and O–H groups in total. The van der Waals surface area contributed by atoms with E-state index in [-0.39, 0.29) is 16.8 Å². The van der Waals surface area contributed by atoms with Crippen LogP contribution in [-0.2, 0) is 10.0 Å². The van der Waals surface area contributed by atoms with Crippen LogP contribution >= 0.6 is 11.6 Å². The van der Waals surface area contributed by atoms with Crippen LogP contribution < -0.4 is 10.0 Å². The minimum Gasteiger partial charge on any atom is -0.349 e. The van der Waals surface area contributed by atoms with Crippen molar-refractivity contribution < 1.29 is 13.2 Å². The molecule has 2 aromatic carbocycles. The molecule has 1 fully saturated rings. The normalized spacial score (nSPS) is 15.3. The molecule has 0 unspecified atom stereocenters. The van der Waals surface area contributed by atoms with Crippen molar-refractivity contribution in [1.82, 2.24) is 5.32 Å². The van der Waals surface area contributed by atoms with E-state index in [1.807, 2.05) is 0 Å². The third kappa shape index (κ3) is 4.82. The lowest BCUT2D eigenvalue weighted by atomic mass is 9.95. The van der Waals surface area contributed by atoms with Crippen molar-refractivity contribution >= 4 is 33.2 Å². The Bertz CT molecular complexity index is 938. The lowest BCUT2D eigenvalue weighted by molar-refractivity contribution is 0.0927. The molecule has 27 heavy (non-hydrogen) atoms. The number of carbonyl (C=O) groups is 1. The fraction of sp³-hybridized carbons (Fsp3) is 0.350. The van der Waals surface area contributed by atoms with E-state index in [0.717, 1.165) is 31.2 Å². The predicted octanol–water partition coefficient (Wildman–Crippen LogP) is 4.51. The maximum Gasteiger partial charge on any atom is 0.261 e. The first-order chi connectivity index (χ1) is 12.9. The number of hydrogen-bond acceptors (Lipinski definition) is 3. The van der Waals surface area contributed by atoms with Crippen molar-refractivity contribution in [2.45, 2.75) is 50.0 Å². The molecular formula is C20H23ClN2O3S. The van der Waals surface area contributed by atoms with Gasteiger partial charge in [0.1, 0.15) is 0 Å². The second-order valence-electron chi connectivity index (χ2n) is 6.87. The molecule has 5 nitrogen and oxygen atoms in total. The van der Waals surface area contributed by atoms with E-state index < -0.39 is 10.0 Å². The van der Waals surface area contributed by atoms with Gasteiger partial charge in [-0.2, -0.15) is 0 Å². The van der Waals surface area contributed by atoms with Gasteiger partial charge in [0.25, 0.3) is 15.9 Å². The summed E-state index contributed by atoms with van der Waals surface area (Å²) in [5.74, 6) is -0.228. The average molecular weight is 407 g/mol. The summed E-state index contributed by atoms with van der Waals surface area (Å²) in [5, 5.41) is 3.35. The smallest absolute Gasteiger partial charge is 0.261 e. The van der Waals surface area contributed by atoms with E-state index >= 15 is 0 Å². The van der Waals surface area contributed by atoms with Crippen LogP contribution in [0.5, 0.6) is 0 Å². The summed E-state index contributed by atoms with van der Waals surface area (Å²) in [6.45, 7) is 1.80. The fourth-order valence-corrected chi connectivity index (χ4v) is 4.62. The van der Waals surface area contributed by atoms with Gasteiger partial charge in [-0.05, 0) is 49.6 Å². The average Bonchev–Trinajstić information content (AvgIpc) is 2.64. The Kier molecular flexibility index (Phi) is 6.07. The zero-order chi connectivity index (χ0) is 19.4. The van der Waals surface area contributed by atoms with Gasteiger partial charge < -0.3 is 5.32 Å². The highest BCUT2D eigenvalue weighted by Crippen LogP contribution is 2.25. The number of benzene rings is 2. The number of nitrogens with one attached hydrogen (secondary N) is 2. The lowest BCUT2D eigenvalue weighted by Crippen LogP contribution is -2.36. The van der Waals surface area contributed by atoms with E-state index in [9.17, 15) is 13.2 Å². The zero-order valence-corrected chi connectivity index (χ0v) is 16.7. The van der Waals surface area contributed by atoms with Gasteiger partial charge in [-0.3, -0.25) is 9.52 Å². The van der Waals surface area contributed by atoms with Crippen molar-refractivity contribution in [3.63, 3.8) is 0 Å². The number of halogens is 1. The highest BCUT2D eigenvalue weighted by molar-refractivity contribution is 7.92. The highest BCUT2D eigenvalue weighted by atomic mass is 35.5. The second-order valence-corrected chi connectivity index (χ2v) is 8.96. The molecule has 144 valence electrons. The Labute approximate surface area is 165 Å². The number of anilines is 1. The minimum absolute atomic E-state index is 0.0295. The van der Waals surface area contributed by atoms with Crippen LogP contribution in [0.4, 0.5) is 5.69 Å². The number of aryl methyl sites for hydroxylation is 1. The molecule has 1 amide bonds. The van der Waals surface area contributed by atoms with Crippen molar-refractivity contribution in [2.75, 3.05) is 4.72 Å². The van der Waals surface area contributed by atoms with Gasteiger partial charge in [-0.1, -0.05) is 49.1 Å². The number of sulfonamides is 1. The third-order valence-electron chi connectivity index (χ3n) is 4.82. The molecule has 0 heterocycles. The van der Waals surface area contributed by atoms with Crippen LogP contribution in [0.1, 0.15) is 48.0 Å². The summed E-state index contributed by atoms with van der Waals surface area (Å²) >= 11 is 6.04. The second kappa shape index (κ2) is 8.31. The fourth-order valence-electron chi connectivity index (χ4n) is 3.27. The van der Waals surface area contributed by atoms with Crippen molar-refractivity contribution in [3.05, 3.63) is 58.6 Å². The molecule has 0 aliphatic heterocycles. The number of hydrogen-bond donors (Lipinski definition) is 2. The summed E-state index contributed by atoms with van der Waals surface area (Å²) in [6, 6.07) is 11.3. The van der Waals surface area contributed by atoms with Gasteiger partial charge in [0, 0.05) is 11.6 Å². The van der Waals surface area contributed by atoms with E-state index in [1.54, 1.807) is 37.3 Å². The van der Waals surface area contributed by atoms with Crippen LogP contribution in [-0.4, -0.2) is 20.4 Å². The highest BCUT2D eigenvalue weighted by Gasteiger charge is 2.21. The molecule has 7 heteroatoms. The Morgan fingerprint density at radius 3 is 2.48 bits per heavy atom. The van der Waals surface area contributed by atoms with Gasteiger partial charge >= 0.3 is 0 Å². The Hall–Kier alpha value is -2.05. The van der Waals surface area contributed by atoms with E-state index in [0.29, 0.717) is 16.3 Å². The summed E-state index contributed by atoms with van der Waals surface area (Å²) < 4.78 is 27.9. The molecule has 1 saturated carbocycles. The largest absolute Gasteiger partial charge is 0.349 e. The maximum absolute atomic E-state index is 12.7. The Balaban J connectivity index is 1.83. The third-order valence-corrected chi connectivity index (χ3v) is 6.52. The maximum atomic E-state index is 12.7. The number of amides is 1. The molecule has 0 spiro atoms. The molecule has 2 aromatic rings. The SMILES string of the molecule is Cc1ccc(S(=O)(=O)Nc2ccccc2Cl)cc1C(=O)NC1CCCCC1. The van der Waals surface area contributed by atoms with Crippen LogP contribution in [0.25, 0.3) is 0 Å². The van der Waals surface area contributed by atoms with Gasteiger partial charge in [0.2, 0.25) is 0 Å². The predicted molar refractivity (Wildman–Crippen MR) is 108 cm³/mol. The topological polar surface area (TPSA) is 75.3 Å². The van der Waals surface area contributed by atoms with Crippen LogP contribution in [0.3, 0.4) is 0 Å². The summed E-state index contributed by atoms with van der Waals surface area (Å²) in [6.07, 6.45) is 5.36. The first-order valence-electron chi connectivity index (χ1n) is 9.06. The van der Waals surface area contributed by atoms with Crippen molar-refractivity contribution in [1.29, 1.82) is 0 Å². The van der Waals surface area contributed by atoms with E-state index in [1.165, 1.54) is 18.6 Å². The molecule has 3 rings (SSSR count). The first-order valence-corrected chi connectivity index (χ1v) is 10.9. The Morgan fingerprint density at radius 2 is 1.78 bits per heavy atom. The van der Waals surface area contributed by atoms with Gasteiger partial charge in [-0.15, -0.1) is 0 Å². The zero-order valence-electron chi connectivity index (χ0n) is 15.2. The molecule has 1 aliphatic rings. The molecule has 0 saturated heterocycles. The van der Waals surface area contributed by atoms with E-state index in [4.69, 9.17) is 11.6 Å². The summed E-state index contributed by atoms with van der Waals surface area (Å²) in [7, 11) is -3.86. The quantitative estimate of drug-likeness (QED) is 0.766. The Morgan fingerprint density at radius 1 is 1.07 bits per heavy atom. The molecule has 0 radical (unpaired) electrons. The molecular weight excluding hydrogens is 384 g/mol. The standard InChI is InChI=1S/C20H23ClN2O3S/c1-14-11-12-16(27(25,26)23-19-10-6-5-9-18(19)21)13-17(14)20(24)22-15-7-3-2-4-8-15/h5-6,9-13,15,23H,2-4,7-8H2,1H3,(H,22,24). The van der Waals surface area contributed by atoms with Gasteiger partial charge in [-0.25, -0.2) is 8.42 Å². The first kappa shape index (κ1) is 19.7. The number of para-hydroxylation sites is 1. The lowest BCUT2D eigenvalue weighted by Gasteiger charge is -2.23. The van der Waals surface area contributed by atoms with Crippen LogP contribution in [0, 0.1) is 6.92 Å². The molecule has 0 aromatic heterocycles. The van der Waals surface area contributed by atoms with Crippen LogP contribution in [0.2, 0.25) is 5.02 Å². The minimum atomic E-state index is -3.86. The number of carbonyl (C=O) groups excluding carboxylic acids is 1. The van der Waals surface area contributed by atoms with E-state index in [2.05, 4.69) is 10.0 Å². The summed E-state index contributed by atoms with van der Waals surface area (Å²) in [5.41, 5.74) is 1.41. The molecule has 0 atom stereocenters. The van der Waals surface area contributed by atoms with Gasteiger partial charge in [0.05, 0.1) is 15.6 Å². The molecule has 1 aliphatic carbocycles.